The normalized spacial score (nSPS) is 13.5. The van der Waals surface area contributed by atoms with Gasteiger partial charge in [0.15, 0.2) is 0 Å². The molecule has 2 aromatic carbocycles. The molecule has 1 atom stereocenters. The van der Waals surface area contributed by atoms with Crippen LogP contribution in [0.1, 0.15) is 22.8 Å². The van der Waals surface area contributed by atoms with Gasteiger partial charge < -0.3 is 10.4 Å². The Bertz CT molecular complexity index is 646. The second-order valence-electron chi connectivity index (χ2n) is 4.95. The predicted molar refractivity (Wildman–Crippen MR) is 90.9 cm³/mol. The highest BCUT2D eigenvalue weighted by Crippen LogP contribution is 2.26. The highest BCUT2D eigenvalue weighted by Gasteiger charge is 2.28. The smallest absolute Gasteiger partial charge is 0.255 e. The summed E-state index contributed by atoms with van der Waals surface area (Å²) in [5.41, 5.74) is 0.686. The summed E-state index contributed by atoms with van der Waals surface area (Å²) < 4.78 is 0.725. The molecular weight excluding hydrogens is 398 g/mol. The first-order chi connectivity index (χ1) is 9.96. The van der Waals surface area contributed by atoms with E-state index in [2.05, 4.69) is 37.2 Å². The van der Waals surface area contributed by atoms with Gasteiger partial charge in [-0.25, -0.2) is 0 Å². The number of nitrogens with one attached hydrogen (secondary N) is 1. The number of aromatic hydroxyl groups is 1. The Morgan fingerprint density at radius 1 is 1.24 bits per heavy atom. The van der Waals surface area contributed by atoms with E-state index in [9.17, 15) is 9.90 Å². The van der Waals surface area contributed by atoms with E-state index in [1.807, 2.05) is 37.3 Å². The molecule has 2 rings (SSSR count). The number of carbonyl (C=O) groups is 1. The molecule has 1 unspecified atom stereocenters. The number of halogens is 2. The minimum Gasteiger partial charge on any atom is -0.507 e. The lowest BCUT2D eigenvalue weighted by atomic mass is 9.94. The fourth-order valence-corrected chi connectivity index (χ4v) is 2.82. The van der Waals surface area contributed by atoms with Gasteiger partial charge in [0.25, 0.3) is 5.91 Å². The highest BCUT2D eigenvalue weighted by atomic mass is 79.9. The van der Waals surface area contributed by atoms with Crippen LogP contribution in [-0.2, 0) is 5.54 Å². The van der Waals surface area contributed by atoms with Crippen LogP contribution < -0.4 is 5.32 Å². The maximum absolute atomic E-state index is 12.4. The third kappa shape index (κ3) is 3.66. The average Bonchev–Trinajstić information content (AvgIpc) is 2.47. The van der Waals surface area contributed by atoms with E-state index in [0.29, 0.717) is 5.33 Å². The first-order valence-corrected chi connectivity index (χ1v) is 8.30. The van der Waals surface area contributed by atoms with E-state index < -0.39 is 5.54 Å². The first kappa shape index (κ1) is 16.0. The van der Waals surface area contributed by atoms with Crippen molar-refractivity contribution in [2.24, 2.45) is 0 Å². The van der Waals surface area contributed by atoms with Crippen LogP contribution in [0.2, 0.25) is 0 Å². The summed E-state index contributed by atoms with van der Waals surface area (Å²) in [5, 5.41) is 13.4. The summed E-state index contributed by atoms with van der Waals surface area (Å²) in [4.78, 5) is 12.4. The van der Waals surface area contributed by atoms with Crippen molar-refractivity contribution >= 4 is 37.8 Å². The molecule has 0 saturated heterocycles. The van der Waals surface area contributed by atoms with E-state index >= 15 is 0 Å². The lowest BCUT2D eigenvalue weighted by Crippen LogP contribution is -2.44. The summed E-state index contributed by atoms with van der Waals surface area (Å²) >= 11 is 6.71. The first-order valence-electron chi connectivity index (χ1n) is 6.39. The van der Waals surface area contributed by atoms with Crippen LogP contribution in [0.3, 0.4) is 0 Å². The van der Waals surface area contributed by atoms with Gasteiger partial charge in [-0.1, -0.05) is 62.2 Å². The number of amides is 1. The topological polar surface area (TPSA) is 49.3 Å². The number of rotatable bonds is 4. The minimum absolute atomic E-state index is 0.0492. The third-order valence-corrected chi connectivity index (χ3v) is 4.89. The molecule has 21 heavy (non-hydrogen) atoms. The molecule has 0 aliphatic rings. The summed E-state index contributed by atoms with van der Waals surface area (Å²) in [5.74, 6) is -0.363. The van der Waals surface area contributed by atoms with Crippen LogP contribution in [0.4, 0.5) is 0 Å². The minimum atomic E-state index is -0.558. The molecule has 0 fully saturated rings. The maximum atomic E-state index is 12.4. The van der Waals surface area contributed by atoms with Crippen molar-refractivity contribution in [1.82, 2.24) is 5.32 Å². The molecular formula is C16H15Br2NO2. The van der Waals surface area contributed by atoms with Crippen molar-refractivity contribution in [3.63, 3.8) is 0 Å². The van der Waals surface area contributed by atoms with E-state index in [1.54, 1.807) is 12.1 Å². The number of phenolic OH excluding ortho intramolecular Hbond substituents is 1. The number of hydrogen-bond donors (Lipinski definition) is 2. The molecule has 0 aliphatic heterocycles. The number of phenols is 1. The Labute approximate surface area is 140 Å². The summed E-state index contributed by atoms with van der Waals surface area (Å²) in [6.45, 7) is 1.94. The second-order valence-corrected chi connectivity index (χ2v) is 6.42. The number of alkyl halides is 1. The summed E-state index contributed by atoms with van der Waals surface area (Å²) in [7, 11) is 0. The van der Waals surface area contributed by atoms with Crippen LogP contribution in [0.25, 0.3) is 0 Å². The van der Waals surface area contributed by atoms with Crippen molar-refractivity contribution in [3.05, 3.63) is 64.1 Å². The second kappa shape index (κ2) is 6.62. The molecule has 1 amide bonds. The SMILES string of the molecule is CC(CBr)(NC(=O)c1ccc(Br)cc1O)c1ccccc1. The van der Waals surface area contributed by atoms with E-state index in [-0.39, 0.29) is 17.2 Å². The van der Waals surface area contributed by atoms with Crippen molar-refractivity contribution in [1.29, 1.82) is 0 Å². The zero-order valence-electron chi connectivity index (χ0n) is 11.4. The van der Waals surface area contributed by atoms with Gasteiger partial charge >= 0.3 is 0 Å². The number of carbonyl (C=O) groups excluding carboxylic acids is 1. The van der Waals surface area contributed by atoms with Crippen molar-refractivity contribution < 1.29 is 9.90 Å². The maximum Gasteiger partial charge on any atom is 0.255 e. The third-order valence-electron chi connectivity index (χ3n) is 3.27. The van der Waals surface area contributed by atoms with E-state index in [0.717, 1.165) is 10.0 Å². The van der Waals surface area contributed by atoms with Crippen LogP contribution in [-0.4, -0.2) is 16.3 Å². The fraction of sp³-hybridized carbons (Fsp3) is 0.188. The molecule has 2 N–H and O–H groups in total. The zero-order chi connectivity index (χ0) is 15.5. The Morgan fingerprint density at radius 2 is 1.90 bits per heavy atom. The van der Waals surface area contributed by atoms with Crippen molar-refractivity contribution in [3.8, 4) is 5.75 Å². The van der Waals surface area contributed by atoms with Crippen LogP contribution in [0.15, 0.2) is 53.0 Å². The van der Waals surface area contributed by atoms with Crippen LogP contribution in [0.5, 0.6) is 5.75 Å². The van der Waals surface area contributed by atoms with Crippen LogP contribution in [0, 0.1) is 0 Å². The summed E-state index contributed by atoms with van der Waals surface area (Å²) in [6, 6.07) is 14.5. The molecule has 0 bridgehead atoms. The van der Waals surface area contributed by atoms with Crippen molar-refractivity contribution in [2.75, 3.05) is 5.33 Å². The Kier molecular flexibility index (Phi) is 5.06. The molecule has 0 spiro atoms. The lowest BCUT2D eigenvalue weighted by molar-refractivity contribution is 0.0911. The fourth-order valence-electron chi connectivity index (χ4n) is 2.00. The molecule has 0 aliphatic carbocycles. The Balaban J connectivity index is 2.28. The van der Waals surface area contributed by atoms with E-state index in [1.165, 1.54) is 6.07 Å². The van der Waals surface area contributed by atoms with Gasteiger partial charge in [-0.2, -0.15) is 0 Å². The number of hydrogen-bond acceptors (Lipinski definition) is 2. The highest BCUT2D eigenvalue weighted by molar-refractivity contribution is 9.10. The summed E-state index contributed by atoms with van der Waals surface area (Å²) in [6.07, 6.45) is 0. The molecule has 110 valence electrons. The molecule has 0 saturated carbocycles. The Hall–Kier alpha value is -1.33. The van der Waals surface area contributed by atoms with Gasteiger partial charge in [-0.15, -0.1) is 0 Å². The predicted octanol–water partition coefficient (Wildman–Crippen LogP) is 4.19. The largest absolute Gasteiger partial charge is 0.507 e. The standard InChI is InChI=1S/C16H15Br2NO2/c1-16(10-17,11-5-3-2-4-6-11)19-15(21)13-8-7-12(18)9-14(13)20/h2-9,20H,10H2,1H3,(H,19,21). The molecule has 0 heterocycles. The number of benzene rings is 2. The van der Waals surface area contributed by atoms with Crippen LogP contribution >= 0.6 is 31.9 Å². The van der Waals surface area contributed by atoms with Gasteiger partial charge in [0.05, 0.1) is 11.1 Å². The quantitative estimate of drug-likeness (QED) is 0.739. The average molecular weight is 413 g/mol. The van der Waals surface area contributed by atoms with Gasteiger partial charge in [-0.05, 0) is 30.7 Å². The zero-order valence-corrected chi connectivity index (χ0v) is 14.6. The van der Waals surface area contributed by atoms with Gasteiger partial charge in [-0.3, -0.25) is 4.79 Å². The van der Waals surface area contributed by atoms with Gasteiger partial charge in [0, 0.05) is 9.80 Å². The van der Waals surface area contributed by atoms with E-state index in [4.69, 9.17) is 0 Å². The Morgan fingerprint density at radius 3 is 2.48 bits per heavy atom. The molecule has 3 nitrogen and oxygen atoms in total. The van der Waals surface area contributed by atoms with Gasteiger partial charge in [0.1, 0.15) is 5.75 Å². The molecule has 2 aromatic rings. The lowest BCUT2D eigenvalue weighted by Gasteiger charge is -2.29. The monoisotopic (exact) mass is 411 g/mol. The molecule has 0 radical (unpaired) electrons. The molecule has 5 heteroatoms. The molecule has 0 aromatic heterocycles. The van der Waals surface area contributed by atoms with Crippen molar-refractivity contribution in [2.45, 2.75) is 12.5 Å². The van der Waals surface area contributed by atoms with Gasteiger partial charge in [0.2, 0.25) is 0 Å².